The Kier molecular flexibility index (Phi) is 2.61. The summed E-state index contributed by atoms with van der Waals surface area (Å²) in [6, 6.07) is 4.49. The molecular weight excluding hydrogens is 300 g/mol. The third-order valence-electron chi connectivity index (χ3n) is 4.90. The zero-order chi connectivity index (χ0) is 16.5. The SMILES string of the molecule is Cc1ccc(N2C(=O)[C@H]3[C@@H](C2=O)[C@]2(C)C=C[C@H]3O2)c([N+](=O)[O-])c1. The first-order chi connectivity index (χ1) is 10.8. The molecule has 7 heteroatoms. The van der Waals surface area contributed by atoms with Crippen LogP contribution in [0.5, 0.6) is 0 Å². The minimum Gasteiger partial charge on any atom is -0.362 e. The fraction of sp³-hybridized carbons (Fsp3) is 0.375. The van der Waals surface area contributed by atoms with Crippen LogP contribution in [0.3, 0.4) is 0 Å². The first-order valence-corrected chi connectivity index (χ1v) is 7.33. The molecule has 4 atom stereocenters. The summed E-state index contributed by atoms with van der Waals surface area (Å²) >= 11 is 0. The van der Waals surface area contributed by atoms with Gasteiger partial charge in [-0.2, -0.15) is 0 Å². The maximum Gasteiger partial charge on any atom is 0.293 e. The quantitative estimate of drug-likeness (QED) is 0.359. The number of anilines is 1. The number of hydrogen-bond donors (Lipinski definition) is 0. The lowest BCUT2D eigenvalue weighted by Gasteiger charge is -2.24. The topological polar surface area (TPSA) is 89.8 Å². The molecule has 0 radical (unpaired) electrons. The zero-order valence-corrected chi connectivity index (χ0v) is 12.6. The van der Waals surface area contributed by atoms with Gasteiger partial charge in [0.05, 0.1) is 28.5 Å². The van der Waals surface area contributed by atoms with Crippen molar-refractivity contribution in [3.8, 4) is 0 Å². The molecule has 0 aliphatic carbocycles. The van der Waals surface area contributed by atoms with Crippen molar-refractivity contribution in [2.45, 2.75) is 25.6 Å². The van der Waals surface area contributed by atoms with Crippen LogP contribution in [0.4, 0.5) is 11.4 Å². The van der Waals surface area contributed by atoms with Crippen LogP contribution in [-0.4, -0.2) is 28.4 Å². The van der Waals surface area contributed by atoms with Crippen molar-refractivity contribution >= 4 is 23.2 Å². The van der Waals surface area contributed by atoms with Crippen molar-refractivity contribution in [3.05, 3.63) is 46.0 Å². The summed E-state index contributed by atoms with van der Waals surface area (Å²) in [6.45, 7) is 3.49. The van der Waals surface area contributed by atoms with Gasteiger partial charge in [0.1, 0.15) is 5.69 Å². The molecule has 4 rings (SSSR count). The second kappa shape index (κ2) is 4.26. The summed E-state index contributed by atoms with van der Waals surface area (Å²) in [5, 5.41) is 11.3. The van der Waals surface area contributed by atoms with Gasteiger partial charge >= 0.3 is 0 Å². The van der Waals surface area contributed by atoms with E-state index in [9.17, 15) is 19.7 Å². The molecule has 1 aromatic rings. The van der Waals surface area contributed by atoms with Crippen LogP contribution in [0.2, 0.25) is 0 Å². The van der Waals surface area contributed by atoms with E-state index in [0.29, 0.717) is 5.56 Å². The lowest BCUT2D eigenvalue weighted by Crippen LogP contribution is -2.38. The highest BCUT2D eigenvalue weighted by Gasteiger charge is 2.66. The molecule has 0 spiro atoms. The van der Waals surface area contributed by atoms with Gasteiger partial charge < -0.3 is 4.74 Å². The summed E-state index contributed by atoms with van der Waals surface area (Å²) in [5.41, 5.74) is -0.320. The Labute approximate surface area is 131 Å². The van der Waals surface area contributed by atoms with E-state index in [0.717, 1.165) is 4.90 Å². The predicted molar refractivity (Wildman–Crippen MR) is 79.7 cm³/mol. The van der Waals surface area contributed by atoms with Crippen molar-refractivity contribution in [2.24, 2.45) is 11.8 Å². The molecule has 0 unspecified atom stereocenters. The number of amides is 2. The Morgan fingerprint density at radius 2 is 2.04 bits per heavy atom. The molecule has 3 aliphatic rings. The Bertz CT molecular complexity index is 802. The van der Waals surface area contributed by atoms with E-state index in [-0.39, 0.29) is 11.4 Å². The number of ether oxygens (including phenoxy) is 1. The summed E-state index contributed by atoms with van der Waals surface area (Å²) in [4.78, 5) is 37.3. The average Bonchev–Trinajstić information content (AvgIpc) is 3.09. The number of nitro groups is 1. The number of rotatable bonds is 2. The molecule has 1 aromatic carbocycles. The van der Waals surface area contributed by atoms with E-state index in [1.54, 1.807) is 32.1 Å². The minimum atomic E-state index is -0.809. The van der Waals surface area contributed by atoms with E-state index >= 15 is 0 Å². The van der Waals surface area contributed by atoms with Gasteiger partial charge in [0, 0.05) is 6.07 Å². The first-order valence-electron chi connectivity index (χ1n) is 7.33. The average molecular weight is 314 g/mol. The number of nitrogens with zero attached hydrogens (tertiary/aromatic N) is 2. The smallest absolute Gasteiger partial charge is 0.293 e. The van der Waals surface area contributed by atoms with Gasteiger partial charge in [0.25, 0.3) is 5.69 Å². The van der Waals surface area contributed by atoms with Gasteiger partial charge in [0.15, 0.2) is 0 Å². The fourth-order valence-corrected chi connectivity index (χ4v) is 3.86. The zero-order valence-electron chi connectivity index (χ0n) is 12.6. The van der Waals surface area contributed by atoms with Crippen molar-refractivity contribution < 1.29 is 19.2 Å². The summed E-state index contributed by atoms with van der Waals surface area (Å²) in [6.07, 6.45) is 3.16. The molecular formula is C16H14N2O5. The molecule has 118 valence electrons. The van der Waals surface area contributed by atoms with Crippen molar-refractivity contribution in [1.29, 1.82) is 0 Å². The van der Waals surface area contributed by atoms with Crippen LogP contribution in [0.15, 0.2) is 30.4 Å². The molecule has 7 nitrogen and oxygen atoms in total. The number of fused-ring (bicyclic) bond motifs is 5. The predicted octanol–water partition coefficient (Wildman–Crippen LogP) is 1.74. The monoisotopic (exact) mass is 314 g/mol. The third kappa shape index (κ3) is 1.68. The molecule has 2 bridgehead atoms. The van der Waals surface area contributed by atoms with Gasteiger partial charge in [-0.25, -0.2) is 4.90 Å². The highest BCUT2D eigenvalue weighted by molar-refractivity contribution is 6.24. The van der Waals surface area contributed by atoms with Crippen molar-refractivity contribution in [2.75, 3.05) is 4.90 Å². The fourth-order valence-electron chi connectivity index (χ4n) is 3.86. The maximum atomic E-state index is 12.8. The van der Waals surface area contributed by atoms with Crippen molar-refractivity contribution in [3.63, 3.8) is 0 Å². The lowest BCUT2D eigenvalue weighted by atomic mass is 9.78. The van der Waals surface area contributed by atoms with Crippen LogP contribution >= 0.6 is 0 Å². The molecule has 0 aromatic heterocycles. The highest BCUT2D eigenvalue weighted by Crippen LogP contribution is 2.52. The van der Waals surface area contributed by atoms with Crippen LogP contribution < -0.4 is 4.90 Å². The van der Waals surface area contributed by atoms with E-state index in [2.05, 4.69) is 0 Å². The summed E-state index contributed by atoms with van der Waals surface area (Å²) in [5.74, 6) is -2.07. The van der Waals surface area contributed by atoms with Gasteiger partial charge in [-0.1, -0.05) is 18.2 Å². The van der Waals surface area contributed by atoms with E-state index < -0.39 is 40.3 Å². The second-order valence-electron chi connectivity index (χ2n) is 6.39. The van der Waals surface area contributed by atoms with E-state index in [1.165, 1.54) is 12.1 Å². The number of hydrogen-bond acceptors (Lipinski definition) is 5. The lowest BCUT2D eigenvalue weighted by molar-refractivity contribution is -0.384. The molecule has 3 heterocycles. The summed E-state index contributed by atoms with van der Waals surface area (Å²) in [7, 11) is 0. The Hall–Kier alpha value is -2.54. The Morgan fingerprint density at radius 1 is 1.30 bits per heavy atom. The van der Waals surface area contributed by atoms with Gasteiger partial charge in [0.2, 0.25) is 11.8 Å². The Balaban J connectivity index is 1.83. The molecule has 2 amide bonds. The largest absolute Gasteiger partial charge is 0.362 e. The molecule has 2 saturated heterocycles. The number of nitro benzene ring substituents is 1. The van der Waals surface area contributed by atoms with Crippen LogP contribution in [-0.2, 0) is 14.3 Å². The van der Waals surface area contributed by atoms with Crippen LogP contribution in [0.25, 0.3) is 0 Å². The normalized spacial score (nSPS) is 34.3. The number of benzene rings is 1. The molecule has 2 fully saturated rings. The number of carbonyl (C=O) groups excluding carboxylic acids is 2. The molecule has 0 N–H and O–H groups in total. The van der Waals surface area contributed by atoms with Crippen LogP contribution in [0, 0.1) is 28.9 Å². The molecule has 0 saturated carbocycles. The third-order valence-corrected chi connectivity index (χ3v) is 4.90. The van der Waals surface area contributed by atoms with E-state index in [1.807, 2.05) is 0 Å². The highest BCUT2D eigenvalue weighted by atomic mass is 16.6. The standard InChI is InChI=1S/C16H14N2O5/c1-8-3-4-9(10(7-8)18(21)22)17-14(19)12-11-5-6-16(2,23-11)13(12)15(17)20/h3-7,11-13H,1-2H3/t11-,12-,13+,16+/m1/s1. The molecule has 23 heavy (non-hydrogen) atoms. The van der Waals surface area contributed by atoms with Gasteiger partial charge in [-0.05, 0) is 25.5 Å². The van der Waals surface area contributed by atoms with E-state index in [4.69, 9.17) is 4.74 Å². The first kappa shape index (κ1) is 14.1. The maximum absolute atomic E-state index is 12.8. The summed E-state index contributed by atoms with van der Waals surface area (Å²) < 4.78 is 5.74. The molecule has 3 aliphatic heterocycles. The van der Waals surface area contributed by atoms with Crippen molar-refractivity contribution in [1.82, 2.24) is 0 Å². The van der Waals surface area contributed by atoms with Gasteiger partial charge in [-0.15, -0.1) is 0 Å². The van der Waals surface area contributed by atoms with Gasteiger partial charge in [-0.3, -0.25) is 19.7 Å². The van der Waals surface area contributed by atoms with Crippen LogP contribution in [0.1, 0.15) is 12.5 Å². The minimum absolute atomic E-state index is 0.0352. The number of imide groups is 1. The number of carbonyl (C=O) groups is 2. The number of aryl methyl sites for hydroxylation is 1. The second-order valence-corrected chi connectivity index (χ2v) is 6.39. The Morgan fingerprint density at radius 3 is 2.70 bits per heavy atom.